The summed E-state index contributed by atoms with van der Waals surface area (Å²) in [7, 11) is 0. The summed E-state index contributed by atoms with van der Waals surface area (Å²) >= 11 is 0. The Morgan fingerprint density at radius 1 is 1.56 bits per heavy atom. The zero-order valence-electron chi connectivity index (χ0n) is 9.95. The quantitative estimate of drug-likeness (QED) is 0.760. The van der Waals surface area contributed by atoms with Gasteiger partial charge < -0.3 is 4.74 Å². The van der Waals surface area contributed by atoms with Crippen molar-refractivity contribution < 1.29 is 9.53 Å². The molecule has 0 radical (unpaired) electrons. The Hall–Kier alpha value is -1.52. The van der Waals surface area contributed by atoms with E-state index in [-0.39, 0.29) is 12.1 Å². The minimum atomic E-state index is -0.400. The summed E-state index contributed by atoms with van der Waals surface area (Å²) in [5.41, 5.74) is 0.660. The Balaban J connectivity index is 2.70. The Bertz CT molecular complexity index is 404. The van der Waals surface area contributed by atoms with Crippen LogP contribution in [-0.2, 0) is 22.5 Å². The van der Waals surface area contributed by atoms with Gasteiger partial charge in [-0.05, 0) is 19.3 Å². The van der Waals surface area contributed by atoms with Gasteiger partial charge in [0.15, 0.2) is 0 Å². The van der Waals surface area contributed by atoms with Crippen molar-refractivity contribution in [3.63, 3.8) is 0 Å². The number of rotatable bonds is 5. The molecular formula is C11H18N2O3. The number of H-pyrrole nitrogens is 1. The maximum absolute atomic E-state index is 11.5. The zero-order valence-corrected chi connectivity index (χ0v) is 9.95. The topological polar surface area (TPSA) is 64.1 Å². The third-order valence-electron chi connectivity index (χ3n) is 2.06. The van der Waals surface area contributed by atoms with Crippen LogP contribution >= 0.6 is 0 Å². The summed E-state index contributed by atoms with van der Waals surface area (Å²) in [4.78, 5) is 22.7. The first-order valence-corrected chi connectivity index (χ1v) is 5.47. The highest BCUT2D eigenvalue weighted by molar-refractivity contribution is 5.68. The van der Waals surface area contributed by atoms with Crippen molar-refractivity contribution in [3.05, 3.63) is 22.1 Å². The molecule has 90 valence electrons. The molecule has 0 saturated heterocycles. The smallest absolute Gasteiger partial charge is 0.327 e. The van der Waals surface area contributed by atoms with Crippen LogP contribution in [0.25, 0.3) is 0 Å². The fourth-order valence-corrected chi connectivity index (χ4v) is 1.49. The molecule has 0 aliphatic heterocycles. The van der Waals surface area contributed by atoms with Crippen LogP contribution in [0.3, 0.4) is 0 Å². The number of hydrogen-bond acceptors (Lipinski definition) is 3. The lowest BCUT2D eigenvalue weighted by atomic mass is 10.1. The number of nitrogens with one attached hydrogen (secondary N) is 1. The fourth-order valence-electron chi connectivity index (χ4n) is 1.49. The van der Waals surface area contributed by atoms with E-state index in [1.54, 1.807) is 6.92 Å². The van der Waals surface area contributed by atoms with Crippen LogP contribution in [0, 0.1) is 5.92 Å². The van der Waals surface area contributed by atoms with E-state index >= 15 is 0 Å². The van der Waals surface area contributed by atoms with Crippen LogP contribution in [0.2, 0.25) is 0 Å². The molecular weight excluding hydrogens is 208 g/mol. The Labute approximate surface area is 94.4 Å². The third kappa shape index (κ3) is 3.56. The average molecular weight is 226 g/mol. The van der Waals surface area contributed by atoms with Gasteiger partial charge in [-0.2, -0.15) is 0 Å². The third-order valence-corrected chi connectivity index (χ3v) is 2.06. The first-order valence-electron chi connectivity index (χ1n) is 5.47. The number of carbonyl (C=O) groups excluding carboxylic acids is 1. The molecule has 0 atom stereocenters. The van der Waals surface area contributed by atoms with Crippen LogP contribution < -0.4 is 5.56 Å². The molecule has 0 fully saturated rings. The van der Waals surface area contributed by atoms with Gasteiger partial charge in [-0.3, -0.25) is 14.7 Å². The largest absolute Gasteiger partial charge is 0.465 e. The summed E-state index contributed by atoms with van der Waals surface area (Å²) < 4.78 is 6.05. The lowest BCUT2D eigenvalue weighted by Crippen LogP contribution is -2.22. The van der Waals surface area contributed by atoms with Crippen molar-refractivity contribution in [1.29, 1.82) is 0 Å². The second kappa shape index (κ2) is 5.53. The number of hydrogen-bond donors (Lipinski definition) is 1. The Morgan fingerprint density at radius 2 is 2.25 bits per heavy atom. The van der Waals surface area contributed by atoms with E-state index in [0.29, 0.717) is 12.5 Å². The summed E-state index contributed by atoms with van der Waals surface area (Å²) in [5, 5.41) is 2.91. The lowest BCUT2D eigenvalue weighted by molar-refractivity contribution is -0.144. The van der Waals surface area contributed by atoms with Gasteiger partial charge in [-0.25, -0.2) is 4.68 Å². The van der Waals surface area contributed by atoms with Gasteiger partial charge in [0.2, 0.25) is 0 Å². The first kappa shape index (κ1) is 12.5. The average Bonchev–Trinajstić information content (AvgIpc) is 2.45. The van der Waals surface area contributed by atoms with Crippen molar-refractivity contribution in [3.8, 4) is 0 Å². The van der Waals surface area contributed by atoms with Crippen molar-refractivity contribution in [2.45, 2.75) is 33.7 Å². The van der Waals surface area contributed by atoms with Gasteiger partial charge in [-0.1, -0.05) is 13.8 Å². The highest BCUT2D eigenvalue weighted by atomic mass is 16.5. The summed E-state index contributed by atoms with van der Waals surface area (Å²) in [6.45, 7) is 6.15. The molecule has 0 amide bonds. The van der Waals surface area contributed by atoms with Gasteiger partial charge in [-0.15, -0.1) is 0 Å². The zero-order chi connectivity index (χ0) is 12.1. The Kier molecular flexibility index (Phi) is 4.34. The van der Waals surface area contributed by atoms with Crippen molar-refractivity contribution in [2.75, 3.05) is 6.61 Å². The SMILES string of the molecule is CCOC(=O)Cn1[nH]c(CC(C)C)cc1=O. The number of nitrogens with zero attached hydrogens (tertiary/aromatic N) is 1. The number of carbonyl (C=O) groups is 1. The van der Waals surface area contributed by atoms with Crippen LogP contribution in [0.15, 0.2) is 10.9 Å². The van der Waals surface area contributed by atoms with E-state index in [4.69, 9.17) is 4.74 Å². The molecule has 0 aliphatic rings. The van der Waals surface area contributed by atoms with E-state index in [9.17, 15) is 9.59 Å². The predicted molar refractivity (Wildman–Crippen MR) is 60.2 cm³/mol. The van der Waals surface area contributed by atoms with Crippen molar-refractivity contribution in [2.24, 2.45) is 5.92 Å². The number of ether oxygens (including phenoxy) is 1. The van der Waals surface area contributed by atoms with E-state index in [1.165, 1.54) is 10.7 Å². The van der Waals surface area contributed by atoms with E-state index in [2.05, 4.69) is 18.9 Å². The van der Waals surface area contributed by atoms with Gasteiger partial charge in [0, 0.05) is 11.8 Å². The molecule has 1 heterocycles. The summed E-state index contributed by atoms with van der Waals surface area (Å²) in [6.07, 6.45) is 0.797. The molecule has 1 rings (SSSR count). The highest BCUT2D eigenvalue weighted by Crippen LogP contribution is 2.02. The standard InChI is InChI=1S/C11H18N2O3/c1-4-16-11(15)7-13-10(14)6-9(12-13)5-8(2)3/h6,8,12H,4-5,7H2,1-3H3. The van der Waals surface area contributed by atoms with Crippen LogP contribution in [0.5, 0.6) is 0 Å². The molecule has 1 aromatic rings. The van der Waals surface area contributed by atoms with Gasteiger partial charge in [0.05, 0.1) is 6.61 Å². The second-order valence-electron chi connectivity index (χ2n) is 4.11. The fraction of sp³-hybridized carbons (Fsp3) is 0.636. The van der Waals surface area contributed by atoms with Crippen molar-refractivity contribution >= 4 is 5.97 Å². The van der Waals surface area contributed by atoms with E-state index in [0.717, 1.165) is 12.1 Å². The molecule has 0 bridgehead atoms. The number of esters is 1. The number of aromatic nitrogens is 2. The predicted octanol–water partition coefficient (Wildman–Crippen LogP) is 0.938. The lowest BCUT2D eigenvalue weighted by Gasteiger charge is -2.03. The highest BCUT2D eigenvalue weighted by Gasteiger charge is 2.09. The van der Waals surface area contributed by atoms with E-state index in [1.807, 2.05) is 0 Å². The molecule has 1 aromatic heterocycles. The molecule has 1 N–H and O–H groups in total. The number of aromatic amines is 1. The van der Waals surface area contributed by atoms with Crippen LogP contribution in [0.1, 0.15) is 26.5 Å². The minimum absolute atomic E-state index is 0.0508. The molecule has 5 nitrogen and oxygen atoms in total. The molecule has 0 aromatic carbocycles. The Morgan fingerprint density at radius 3 is 2.81 bits per heavy atom. The monoisotopic (exact) mass is 226 g/mol. The van der Waals surface area contributed by atoms with Crippen molar-refractivity contribution in [1.82, 2.24) is 9.78 Å². The maximum atomic E-state index is 11.5. The molecule has 0 unspecified atom stereocenters. The maximum Gasteiger partial charge on any atom is 0.327 e. The molecule has 16 heavy (non-hydrogen) atoms. The molecule has 0 saturated carbocycles. The summed E-state index contributed by atoms with van der Waals surface area (Å²) in [5.74, 6) is 0.0663. The van der Waals surface area contributed by atoms with Gasteiger partial charge >= 0.3 is 5.97 Å². The van der Waals surface area contributed by atoms with Crippen LogP contribution in [0.4, 0.5) is 0 Å². The van der Waals surface area contributed by atoms with Crippen LogP contribution in [-0.4, -0.2) is 22.4 Å². The molecule has 0 aliphatic carbocycles. The molecule has 5 heteroatoms. The van der Waals surface area contributed by atoms with Gasteiger partial charge in [0.1, 0.15) is 6.54 Å². The van der Waals surface area contributed by atoms with E-state index < -0.39 is 5.97 Å². The minimum Gasteiger partial charge on any atom is -0.465 e. The first-order chi connectivity index (χ1) is 7.52. The van der Waals surface area contributed by atoms with Gasteiger partial charge in [0.25, 0.3) is 5.56 Å². The molecule has 0 spiro atoms. The normalized spacial score (nSPS) is 10.8. The summed E-state index contributed by atoms with van der Waals surface area (Å²) in [6, 6.07) is 1.53. The second-order valence-corrected chi connectivity index (χ2v) is 4.11.